The number of rotatable bonds is 3. The van der Waals surface area contributed by atoms with Crippen LogP contribution in [0.4, 0.5) is 0 Å². The number of hydrogen-bond acceptors (Lipinski definition) is 1. The molecule has 1 aromatic rings. The van der Waals surface area contributed by atoms with Crippen molar-refractivity contribution in [3.05, 3.63) is 40.4 Å². The minimum atomic E-state index is 0.543. The van der Waals surface area contributed by atoms with Gasteiger partial charge in [0, 0.05) is 0 Å². The normalized spacial score (nSPS) is 9.77. The van der Waals surface area contributed by atoms with Crippen LogP contribution < -0.4 is 4.74 Å². The van der Waals surface area contributed by atoms with Crippen LogP contribution in [-0.4, -0.2) is 6.61 Å². The number of hydrogen-bond donors (Lipinski definition) is 0. The number of benzene rings is 1. The fraction of sp³-hybridized carbons (Fsp3) is 0.273. The van der Waals surface area contributed by atoms with Crippen LogP contribution in [0.1, 0.15) is 11.1 Å². The van der Waals surface area contributed by atoms with Gasteiger partial charge in [0.2, 0.25) is 0 Å². The van der Waals surface area contributed by atoms with Crippen LogP contribution in [-0.2, 0) is 0 Å². The molecule has 0 amide bonds. The highest BCUT2D eigenvalue weighted by molar-refractivity contribution is 9.10. The van der Waals surface area contributed by atoms with Gasteiger partial charge in [0.25, 0.3) is 0 Å². The molecule has 1 rings (SSSR count). The van der Waals surface area contributed by atoms with Gasteiger partial charge in [-0.1, -0.05) is 18.7 Å². The van der Waals surface area contributed by atoms with Gasteiger partial charge in [-0.15, -0.1) is 0 Å². The Hall–Kier alpha value is -0.760. The lowest BCUT2D eigenvalue weighted by Crippen LogP contribution is -1.95. The average molecular weight is 241 g/mol. The van der Waals surface area contributed by atoms with Gasteiger partial charge in [0.1, 0.15) is 12.4 Å². The minimum Gasteiger partial charge on any atom is -0.488 e. The van der Waals surface area contributed by atoms with E-state index in [9.17, 15) is 0 Å². The standard InChI is InChI=1S/C11H13BrO/c1-4-5-13-10-7-8(2)6-9(3)11(10)12/h4,6-7H,1,5H2,2-3H3. The van der Waals surface area contributed by atoms with Crippen molar-refractivity contribution in [2.24, 2.45) is 0 Å². The summed E-state index contributed by atoms with van der Waals surface area (Å²) >= 11 is 3.49. The lowest BCUT2D eigenvalue weighted by molar-refractivity contribution is 0.360. The van der Waals surface area contributed by atoms with Crippen LogP contribution in [0.25, 0.3) is 0 Å². The molecule has 0 atom stereocenters. The highest BCUT2D eigenvalue weighted by atomic mass is 79.9. The fourth-order valence-corrected chi connectivity index (χ4v) is 1.51. The van der Waals surface area contributed by atoms with Crippen molar-refractivity contribution in [2.45, 2.75) is 13.8 Å². The Bertz CT molecular complexity index is 318. The van der Waals surface area contributed by atoms with E-state index >= 15 is 0 Å². The van der Waals surface area contributed by atoms with Gasteiger partial charge >= 0.3 is 0 Å². The highest BCUT2D eigenvalue weighted by Gasteiger charge is 2.04. The molecule has 0 aromatic heterocycles. The molecule has 0 radical (unpaired) electrons. The van der Waals surface area contributed by atoms with E-state index < -0.39 is 0 Å². The van der Waals surface area contributed by atoms with Gasteiger partial charge in [-0.25, -0.2) is 0 Å². The van der Waals surface area contributed by atoms with Crippen LogP contribution >= 0.6 is 15.9 Å². The average Bonchev–Trinajstić information content (AvgIpc) is 2.09. The third kappa shape index (κ3) is 2.59. The lowest BCUT2D eigenvalue weighted by atomic mass is 10.1. The Morgan fingerprint density at radius 3 is 2.77 bits per heavy atom. The van der Waals surface area contributed by atoms with E-state index in [1.54, 1.807) is 6.08 Å². The molecular formula is C11H13BrO. The molecule has 0 saturated carbocycles. The molecule has 0 fully saturated rings. The van der Waals surface area contributed by atoms with Gasteiger partial charge < -0.3 is 4.74 Å². The summed E-state index contributed by atoms with van der Waals surface area (Å²) in [6, 6.07) is 4.13. The topological polar surface area (TPSA) is 9.23 Å². The molecule has 0 aliphatic rings. The minimum absolute atomic E-state index is 0.543. The summed E-state index contributed by atoms with van der Waals surface area (Å²) in [7, 11) is 0. The van der Waals surface area contributed by atoms with E-state index in [2.05, 4.69) is 42.4 Å². The molecule has 0 bridgehead atoms. The molecular weight excluding hydrogens is 228 g/mol. The predicted molar refractivity (Wildman–Crippen MR) is 59.3 cm³/mol. The first kappa shape index (κ1) is 10.3. The lowest BCUT2D eigenvalue weighted by Gasteiger charge is -2.09. The van der Waals surface area contributed by atoms with E-state index in [-0.39, 0.29) is 0 Å². The van der Waals surface area contributed by atoms with E-state index in [0.717, 1.165) is 10.2 Å². The number of halogens is 1. The third-order valence-electron chi connectivity index (χ3n) is 1.72. The molecule has 13 heavy (non-hydrogen) atoms. The Balaban J connectivity index is 2.98. The van der Waals surface area contributed by atoms with Crippen molar-refractivity contribution >= 4 is 15.9 Å². The largest absolute Gasteiger partial charge is 0.488 e. The first-order valence-electron chi connectivity index (χ1n) is 4.15. The maximum atomic E-state index is 5.48. The van der Waals surface area contributed by atoms with Crippen LogP contribution in [0.5, 0.6) is 5.75 Å². The molecule has 0 N–H and O–H groups in total. The first-order chi connectivity index (χ1) is 6.15. The van der Waals surface area contributed by atoms with Crippen LogP contribution in [0, 0.1) is 13.8 Å². The monoisotopic (exact) mass is 240 g/mol. The summed E-state index contributed by atoms with van der Waals surface area (Å²) in [5.41, 5.74) is 2.40. The Kier molecular flexibility index (Phi) is 3.55. The highest BCUT2D eigenvalue weighted by Crippen LogP contribution is 2.29. The second-order valence-corrected chi connectivity index (χ2v) is 3.79. The number of aryl methyl sites for hydroxylation is 2. The molecule has 0 saturated heterocycles. The summed E-state index contributed by atoms with van der Waals surface area (Å²) in [4.78, 5) is 0. The van der Waals surface area contributed by atoms with Gasteiger partial charge in [-0.2, -0.15) is 0 Å². The van der Waals surface area contributed by atoms with Crippen LogP contribution in [0.2, 0.25) is 0 Å². The first-order valence-corrected chi connectivity index (χ1v) is 4.95. The molecule has 0 aliphatic heterocycles. The summed E-state index contributed by atoms with van der Waals surface area (Å²) in [6.45, 7) is 8.26. The Morgan fingerprint density at radius 1 is 1.46 bits per heavy atom. The quantitative estimate of drug-likeness (QED) is 0.734. The summed E-state index contributed by atoms with van der Waals surface area (Å²) in [5, 5.41) is 0. The fourth-order valence-electron chi connectivity index (χ4n) is 1.16. The zero-order valence-corrected chi connectivity index (χ0v) is 9.52. The Labute approximate surface area is 87.5 Å². The van der Waals surface area contributed by atoms with Gasteiger partial charge in [-0.3, -0.25) is 0 Å². The van der Waals surface area contributed by atoms with Crippen molar-refractivity contribution in [3.63, 3.8) is 0 Å². The van der Waals surface area contributed by atoms with Crippen LogP contribution in [0.3, 0.4) is 0 Å². The molecule has 1 aromatic carbocycles. The van der Waals surface area contributed by atoms with Crippen molar-refractivity contribution in [1.29, 1.82) is 0 Å². The second-order valence-electron chi connectivity index (χ2n) is 2.99. The van der Waals surface area contributed by atoms with Crippen LogP contribution in [0.15, 0.2) is 29.3 Å². The van der Waals surface area contributed by atoms with Gasteiger partial charge in [0.15, 0.2) is 0 Å². The molecule has 70 valence electrons. The van der Waals surface area contributed by atoms with Crippen molar-refractivity contribution in [1.82, 2.24) is 0 Å². The third-order valence-corrected chi connectivity index (χ3v) is 2.74. The number of ether oxygens (including phenoxy) is 1. The van der Waals surface area contributed by atoms with Gasteiger partial charge in [-0.05, 0) is 47.0 Å². The maximum Gasteiger partial charge on any atom is 0.134 e. The zero-order chi connectivity index (χ0) is 9.84. The molecule has 0 aliphatic carbocycles. The van der Waals surface area contributed by atoms with Crippen molar-refractivity contribution in [3.8, 4) is 5.75 Å². The van der Waals surface area contributed by atoms with E-state index in [1.165, 1.54) is 11.1 Å². The summed E-state index contributed by atoms with van der Waals surface area (Å²) < 4.78 is 6.51. The van der Waals surface area contributed by atoms with E-state index in [1.807, 2.05) is 6.07 Å². The predicted octanol–water partition coefficient (Wildman–Crippen LogP) is 3.63. The van der Waals surface area contributed by atoms with E-state index in [0.29, 0.717) is 6.61 Å². The molecule has 0 unspecified atom stereocenters. The van der Waals surface area contributed by atoms with E-state index in [4.69, 9.17) is 4.74 Å². The van der Waals surface area contributed by atoms with Crippen molar-refractivity contribution in [2.75, 3.05) is 6.61 Å². The summed E-state index contributed by atoms with van der Waals surface area (Å²) in [6.07, 6.45) is 1.74. The Morgan fingerprint density at radius 2 is 2.15 bits per heavy atom. The van der Waals surface area contributed by atoms with Gasteiger partial charge in [0.05, 0.1) is 4.47 Å². The smallest absolute Gasteiger partial charge is 0.134 e. The molecule has 2 heteroatoms. The van der Waals surface area contributed by atoms with Crippen molar-refractivity contribution < 1.29 is 4.74 Å². The summed E-state index contributed by atoms with van der Waals surface area (Å²) in [5.74, 6) is 0.886. The molecule has 0 spiro atoms. The SMILES string of the molecule is C=CCOc1cc(C)cc(C)c1Br. The maximum absolute atomic E-state index is 5.48. The molecule has 0 heterocycles. The zero-order valence-electron chi connectivity index (χ0n) is 7.93. The molecule has 1 nitrogen and oxygen atoms in total. The second kappa shape index (κ2) is 4.47.